The van der Waals surface area contributed by atoms with Gasteiger partial charge in [-0.2, -0.15) is 0 Å². The molecule has 3 aromatic carbocycles. The number of piperidine rings is 1. The second-order valence-corrected chi connectivity index (χ2v) is 10.9. The fourth-order valence-electron chi connectivity index (χ4n) is 5.52. The molecule has 3 aromatic rings. The van der Waals surface area contributed by atoms with E-state index in [0.29, 0.717) is 24.2 Å². The average Bonchev–Trinajstić information content (AvgIpc) is 3.00. The summed E-state index contributed by atoms with van der Waals surface area (Å²) < 4.78 is 0. The first-order chi connectivity index (χ1) is 21.0. The molecule has 3 amide bonds. The van der Waals surface area contributed by atoms with Gasteiger partial charge in [0.05, 0.1) is 0 Å². The Morgan fingerprint density at radius 1 is 0.932 bits per heavy atom. The first-order valence-corrected chi connectivity index (χ1v) is 14.4. The highest BCUT2D eigenvalue weighted by Gasteiger charge is 2.23. The molecular weight excluding hydrogens is 564 g/mol. The van der Waals surface area contributed by atoms with Gasteiger partial charge in [0.1, 0.15) is 0 Å². The molecule has 2 aliphatic rings. The van der Waals surface area contributed by atoms with Crippen molar-refractivity contribution in [3.63, 3.8) is 0 Å². The van der Waals surface area contributed by atoms with Crippen molar-refractivity contribution in [2.24, 2.45) is 0 Å². The minimum absolute atomic E-state index is 0.00164. The lowest BCUT2D eigenvalue weighted by Gasteiger charge is -2.33. The smallest absolute Gasteiger partial charge is 0.414 e. The summed E-state index contributed by atoms with van der Waals surface area (Å²) in [7, 11) is 1.78. The lowest BCUT2D eigenvalue weighted by Crippen LogP contribution is -2.46. The molecule has 2 heterocycles. The van der Waals surface area contributed by atoms with E-state index in [1.54, 1.807) is 18.9 Å². The van der Waals surface area contributed by atoms with E-state index in [1.165, 1.54) is 0 Å². The second kappa shape index (κ2) is 14.4. The molecule has 1 saturated heterocycles. The molecule has 0 aromatic heterocycles. The third-order valence-corrected chi connectivity index (χ3v) is 7.63. The number of hydrogen-bond donors (Lipinski definition) is 4. The topological polar surface area (TPSA) is 156 Å². The van der Waals surface area contributed by atoms with Crippen molar-refractivity contribution in [1.29, 1.82) is 0 Å². The molecule has 0 radical (unpaired) electrons. The van der Waals surface area contributed by atoms with Gasteiger partial charge >= 0.3 is 11.9 Å². The number of nitrogens with one attached hydrogen (secondary N) is 2. The van der Waals surface area contributed by atoms with Crippen molar-refractivity contribution in [3.05, 3.63) is 83.4 Å². The average molecular weight is 601 g/mol. The molecule has 1 atom stereocenters. The minimum Gasteiger partial charge on any atom is -0.473 e. The van der Waals surface area contributed by atoms with Crippen LogP contribution in [0.3, 0.4) is 0 Å². The number of carboxylic acid groups (broad SMARTS) is 2. The maximum absolute atomic E-state index is 13.3. The van der Waals surface area contributed by atoms with E-state index >= 15 is 0 Å². The van der Waals surface area contributed by atoms with Crippen LogP contribution in [-0.2, 0) is 32.1 Å². The van der Waals surface area contributed by atoms with Gasteiger partial charge in [0.15, 0.2) is 0 Å². The van der Waals surface area contributed by atoms with E-state index in [9.17, 15) is 14.4 Å². The molecule has 0 spiro atoms. The fourth-order valence-corrected chi connectivity index (χ4v) is 5.52. The van der Waals surface area contributed by atoms with E-state index < -0.39 is 11.9 Å². The van der Waals surface area contributed by atoms with Crippen LogP contribution in [0.1, 0.15) is 47.7 Å². The summed E-state index contributed by atoms with van der Waals surface area (Å²) in [4.78, 5) is 59.3. The van der Waals surface area contributed by atoms with Crippen LogP contribution in [0, 0.1) is 0 Å². The number of carbonyl (C=O) groups excluding carboxylic acids is 3. The Bertz CT molecular complexity index is 1540. The van der Waals surface area contributed by atoms with Crippen LogP contribution in [0.15, 0.2) is 66.7 Å². The summed E-state index contributed by atoms with van der Waals surface area (Å²) in [5.41, 5.74) is 6.47. The van der Waals surface area contributed by atoms with Gasteiger partial charge in [-0.1, -0.05) is 42.5 Å². The van der Waals surface area contributed by atoms with Gasteiger partial charge in [0, 0.05) is 56.5 Å². The third-order valence-electron chi connectivity index (χ3n) is 7.63. The molecular formula is C33H36N4O7. The van der Waals surface area contributed by atoms with E-state index in [0.717, 1.165) is 60.3 Å². The summed E-state index contributed by atoms with van der Waals surface area (Å²) >= 11 is 0. The Balaban J connectivity index is 0.000000670. The molecule has 0 aliphatic carbocycles. The normalized spacial score (nSPS) is 16.2. The minimum atomic E-state index is -1.82. The molecule has 2 aliphatic heterocycles. The van der Waals surface area contributed by atoms with Gasteiger partial charge in [-0.25, -0.2) is 9.59 Å². The second-order valence-electron chi connectivity index (χ2n) is 10.9. The van der Waals surface area contributed by atoms with Gasteiger partial charge in [-0.3, -0.25) is 19.3 Å². The largest absolute Gasteiger partial charge is 0.473 e. The maximum atomic E-state index is 13.3. The monoisotopic (exact) mass is 600 g/mol. The van der Waals surface area contributed by atoms with Crippen LogP contribution in [0.2, 0.25) is 0 Å². The quantitative estimate of drug-likeness (QED) is 0.312. The molecule has 1 fully saturated rings. The van der Waals surface area contributed by atoms with E-state index in [2.05, 4.69) is 27.7 Å². The number of likely N-dealkylation sites (tertiary alicyclic amines) is 1. The predicted octanol–water partition coefficient (Wildman–Crippen LogP) is 3.77. The SMILES string of the molecule is CC(=O)NC1CCCN(Cc2cc(C(=O)Nc3ccc4c(c3)N(C)C(=O)CC4)ccc2-c2ccccc2)C1.O=C(O)C(=O)O. The molecule has 11 heteroatoms. The number of nitrogens with zero attached hydrogens (tertiary/aromatic N) is 2. The highest BCUT2D eigenvalue weighted by Crippen LogP contribution is 2.31. The molecule has 0 saturated carbocycles. The number of aliphatic carboxylic acids is 2. The number of benzene rings is 3. The highest BCUT2D eigenvalue weighted by molar-refractivity contribution is 6.27. The van der Waals surface area contributed by atoms with Crippen molar-refractivity contribution < 1.29 is 34.2 Å². The fraction of sp³-hybridized carbons (Fsp3) is 0.303. The van der Waals surface area contributed by atoms with Crippen LogP contribution >= 0.6 is 0 Å². The van der Waals surface area contributed by atoms with E-state index in [1.807, 2.05) is 54.6 Å². The number of carbonyl (C=O) groups is 5. The zero-order valence-electron chi connectivity index (χ0n) is 24.7. The summed E-state index contributed by atoms with van der Waals surface area (Å²) in [5.74, 6) is -3.76. The number of anilines is 2. The Morgan fingerprint density at radius 3 is 2.34 bits per heavy atom. The van der Waals surface area contributed by atoms with Crippen LogP contribution in [0.5, 0.6) is 0 Å². The van der Waals surface area contributed by atoms with E-state index in [-0.39, 0.29) is 23.8 Å². The van der Waals surface area contributed by atoms with E-state index in [4.69, 9.17) is 19.8 Å². The molecule has 4 N–H and O–H groups in total. The number of carboxylic acids is 2. The van der Waals surface area contributed by atoms with Crippen LogP contribution in [0.4, 0.5) is 11.4 Å². The summed E-state index contributed by atoms with van der Waals surface area (Å²) in [6.07, 6.45) is 3.22. The molecule has 1 unspecified atom stereocenters. The first-order valence-electron chi connectivity index (χ1n) is 14.4. The van der Waals surface area contributed by atoms with Gasteiger partial charge in [0.25, 0.3) is 5.91 Å². The molecule has 11 nitrogen and oxygen atoms in total. The zero-order valence-corrected chi connectivity index (χ0v) is 24.7. The highest BCUT2D eigenvalue weighted by atomic mass is 16.4. The zero-order chi connectivity index (χ0) is 31.8. The molecule has 230 valence electrons. The Kier molecular flexibility index (Phi) is 10.5. The molecule has 0 bridgehead atoms. The number of hydrogen-bond acceptors (Lipinski definition) is 6. The number of aryl methyl sites for hydroxylation is 1. The van der Waals surface area contributed by atoms with Crippen LogP contribution in [0.25, 0.3) is 11.1 Å². The van der Waals surface area contributed by atoms with Gasteiger partial charge in [-0.15, -0.1) is 0 Å². The van der Waals surface area contributed by atoms with Gasteiger partial charge in [0.2, 0.25) is 11.8 Å². The number of amides is 3. The number of rotatable bonds is 6. The predicted molar refractivity (Wildman–Crippen MR) is 165 cm³/mol. The molecule has 5 rings (SSSR count). The standard InChI is InChI=1S/C31H34N4O3.C2H2O4/c1-21(36)32-27-9-6-16-35(20-27)19-25-17-24(11-14-28(25)22-7-4-3-5-8-22)31(38)33-26-13-10-23-12-15-30(37)34(2)29(23)18-26;3-1(4)2(5)6/h3-5,7-8,10-11,13-14,17-18,27H,6,9,12,15-16,19-20H2,1-2H3,(H,32,36)(H,33,38);(H,3,4)(H,5,6). The summed E-state index contributed by atoms with van der Waals surface area (Å²) in [5, 5.41) is 20.9. The van der Waals surface area contributed by atoms with Crippen molar-refractivity contribution in [2.45, 2.75) is 45.2 Å². The van der Waals surface area contributed by atoms with Crippen molar-refractivity contribution in [2.75, 3.05) is 30.4 Å². The van der Waals surface area contributed by atoms with Crippen molar-refractivity contribution >= 4 is 41.0 Å². The lowest BCUT2D eigenvalue weighted by molar-refractivity contribution is -0.159. The van der Waals surface area contributed by atoms with Crippen molar-refractivity contribution in [1.82, 2.24) is 10.2 Å². The first kappa shape index (κ1) is 31.9. The third kappa shape index (κ3) is 8.29. The van der Waals surface area contributed by atoms with Crippen LogP contribution in [-0.4, -0.2) is 71.0 Å². The Morgan fingerprint density at radius 2 is 1.66 bits per heavy atom. The summed E-state index contributed by atoms with van der Waals surface area (Å²) in [6, 6.07) is 22.0. The maximum Gasteiger partial charge on any atom is 0.414 e. The Labute approximate surface area is 255 Å². The Hall–Kier alpha value is -5.03. The van der Waals surface area contributed by atoms with Gasteiger partial charge in [-0.05, 0) is 72.3 Å². The van der Waals surface area contributed by atoms with Gasteiger partial charge < -0.3 is 25.7 Å². The molecule has 44 heavy (non-hydrogen) atoms. The summed E-state index contributed by atoms with van der Waals surface area (Å²) in [6.45, 7) is 3.98. The number of fused-ring (bicyclic) bond motifs is 1. The van der Waals surface area contributed by atoms with Crippen LogP contribution < -0.4 is 15.5 Å². The van der Waals surface area contributed by atoms with Crippen molar-refractivity contribution in [3.8, 4) is 11.1 Å². The lowest BCUT2D eigenvalue weighted by atomic mass is 9.95.